The van der Waals surface area contributed by atoms with Gasteiger partial charge in [0.25, 0.3) is 0 Å². The summed E-state index contributed by atoms with van der Waals surface area (Å²) in [7, 11) is 1.66. The number of anilines is 2. The summed E-state index contributed by atoms with van der Waals surface area (Å²) in [6.45, 7) is 7.87. The van der Waals surface area contributed by atoms with Crippen molar-refractivity contribution in [1.82, 2.24) is 9.97 Å². The van der Waals surface area contributed by atoms with E-state index in [1.165, 1.54) is 12.8 Å². The molecule has 0 aliphatic rings. The zero-order valence-electron chi connectivity index (χ0n) is 13.2. The lowest BCUT2D eigenvalue weighted by Crippen LogP contribution is -2.17. The van der Waals surface area contributed by atoms with E-state index in [1.807, 2.05) is 6.07 Å². The third-order valence-electron chi connectivity index (χ3n) is 2.99. The number of nitrogens with one attached hydrogen (secondary N) is 2. The Morgan fingerprint density at radius 2 is 1.95 bits per heavy atom. The van der Waals surface area contributed by atoms with Crippen molar-refractivity contribution in [1.29, 1.82) is 0 Å². The Morgan fingerprint density at radius 3 is 2.60 bits per heavy atom. The number of aromatic nitrogens is 2. The van der Waals surface area contributed by atoms with E-state index in [4.69, 9.17) is 4.74 Å². The summed E-state index contributed by atoms with van der Waals surface area (Å²) in [6.07, 6.45) is 4.66. The molecule has 0 fully saturated rings. The third-order valence-corrected chi connectivity index (χ3v) is 2.99. The smallest absolute Gasteiger partial charge is 0.158 e. The van der Waals surface area contributed by atoms with Gasteiger partial charge in [-0.05, 0) is 19.8 Å². The molecule has 0 aromatic carbocycles. The highest BCUT2D eigenvalue weighted by Crippen LogP contribution is 2.14. The molecule has 2 N–H and O–H groups in total. The fraction of sp³-hybridized carbons (Fsp3) is 0.733. The highest BCUT2D eigenvalue weighted by atomic mass is 16.5. The van der Waals surface area contributed by atoms with Crippen LogP contribution in [-0.2, 0) is 11.3 Å². The van der Waals surface area contributed by atoms with E-state index in [0.29, 0.717) is 18.5 Å². The monoisotopic (exact) mass is 280 g/mol. The molecule has 0 aliphatic heterocycles. The molecule has 0 spiro atoms. The van der Waals surface area contributed by atoms with E-state index in [2.05, 4.69) is 41.4 Å². The second kappa shape index (κ2) is 9.53. The molecular weight excluding hydrogens is 252 g/mol. The normalized spacial score (nSPS) is 12.2. The standard InChI is InChI=1S/C15H28N4O/c1-5-7-8-12(3)17-14-10-13(16-9-6-2)18-15(19-14)11-20-4/h10,12H,5-9,11H2,1-4H3,(H2,16,17,18,19). The summed E-state index contributed by atoms with van der Waals surface area (Å²) in [6, 6.07) is 2.39. The first-order chi connectivity index (χ1) is 9.69. The van der Waals surface area contributed by atoms with Gasteiger partial charge in [0.1, 0.15) is 18.2 Å². The van der Waals surface area contributed by atoms with Crippen LogP contribution in [-0.4, -0.2) is 29.7 Å². The van der Waals surface area contributed by atoms with Crippen LogP contribution in [0.15, 0.2) is 6.07 Å². The lowest BCUT2D eigenvalue weighted by atomic mass is 10.1. The molecule has 5 heteroatoms. The molecule has 20 heavy (non-hydrogen) atoms. The topological polar surface area (TPSA) is 59.1 Å². The van der Waals surface area contributed by atoms with Crippen molar-refractivity contribution in [3.63, 3.8) is 0 Å². The summed E-state index contributed by atoms with van der Waals surface area (Å²) in [4.78, 5) is 8.93. The van der Waals surface area contributed by atoms with Crippen LogP contribution in [0.2, 0.25) is 0 Å². The average Bonchev–Trinajstić information content (AvgIpc) is 2.43. The highest BCUT2D eigenvalue weighted by Gasteiger charge is 2.07. The Kier molecular flexibility index (Phi) is 7.95. The molecule has 0 saturated heterocycles. The average molecular weight is 280 g/mol. The van der Waals surface area contributed by atoms with Gasteiger partial charge in [-0.2, -0.15) is 0 Å². The molecule has 5 nitrogen and oxygen atoms in total. The number of rotatable bonds is 10. The van der Waals surface area contributed by atoms with Gasteiger partial charge in [0.05, 0.1) is 0 Å². The summed E-state index contributed by atoms with van der Waals surface area (Å²) in [5.74, 6) is 2.44. The van der Waals surface area contributed by atoms with Crippen molar-refractivity contribution in [2.24, 2.45) is 0 Å². The molecular formula is C15H28N4O. The highest BCUT2D eigenvalue weighted by molar-refractivity contribution is 5.48. The van der Waals surface area contributed by atoms with E-state index in [-0.39, 0.29) is 0 Å². The van der Waals surface area contributed by atoms with Crippen LogP contribution < -0.4 is 10.6 Å². The summed E-state index contributed by atoms with van der Waals surface area (Å²) in [5, 5.41) is 6.75. The largest absolute Gasteiger partial charge is 0.377 e. The van der Waals surface area contributed by atoms with Crippen molar-refractivity contribution < 1.29 is 4.74 Å². The number of nitrogens with zero attached hydrogens (tertiary/aromatic N) is 2. The molecule has 0 radical (unpaired) electrons. The number of ether oxygens (including phenoxy) is 1. The Hall–Kier alpha value is -1.36. The second-order valence-electron chi connectivity index (χ2n) is 5.10. The van der Waals surface area contributed by atoms with Crippen molar-refractivity contribution in [2.45, 2.75) is 59.1 Å². The van der Waals surface area contributed by atoms with Gasteiger partial charge in [-0.3, -0.25) is 0 Å². The molecule has 1 heterocycles. The van der Waals surface area contributed by atoms with E-state index >= 15 is 0 Å². The van der Waals surface area contributed by atoms with Crippen LogP contribution in [0.25, 0.3) is 0 Å². The molecule has 1 aromatic heterocycles. The maximum atomic E-state index is 5.13. The minimum absolute atomic E-state index is 0.416. The lowest BCUT2D eigenvalue weighted by molar-refractivity contribution is 0.178. The zero-order chi connectivity index (χ0) is 14.8. The molecule has 0 saturated carbocycles. The van der Waals surface area contributed by atoms with E-state index in [9.17, 15) is 0 Å². The van der Waals surface area contributed by atoms with Crippen LogP contribution in [0, 0.1) is 0 Å². The van der Waals surface area contributed by atoms with Gasteiger partial charge in [-0.15, -0.1) is 0 Å². The van der Waals surface area contributed by atoms with Gasteiger partial charge >= 0.3 is 0 Å². The van der Waals surface area contributed by atoms with Gasteiger partial charge in [-0.25, -0.2) is 9.97 Å². The second-order valence-corrected chi connectivity index (χ2v) is 5.10. The Labute approximate surface area is 122 Å². The van der Waals surface area contributed by atoms with Gasteiger partial charge in [-0.1, -0.05) is 26.7 Å². The Bertz CT molecular complexity index is 384. The molecule has 0 amide bonds. The first-order valence-electron chi connectivity index (χ1n) is 7.56. The van der Waals surface area contributed by atoms with Crippen LogP contribution in [0.3, 0.4) is 0 Å². The summed E-state index contributed by atoms with van der Waals surface area (Å²) in [5.41, 5.74) is 0. The summed E-state index contributed by atoms with van der Waals surface area (Å²) < 4.78 is 5.13. The molecule has 0 bridgehead atoms. The molecule has 1 rings (SSSR count). The lowest BCUT2D eigenvalue weighted by Gasteiger charge is -2.16. The number of unbranched alkanes of at least 4 members (excludes halogenated alkanes) is 1. The van der Waals surface area contributed by atoms with Crippen LogP contribution in [0.1, 0.15) is 52.3 Å². The van der Waals surface area contributed by atoms with Crippen molar-refractivity contribution in [3.8, 4) is 0 Å². The van der Waals surface area contributed by atoms with Crippen LogP contribution in [0.5, 0.6) is 0 Å². The van der Waals surface area contributed by atoms with Crippen molar-refractivity contribution in [3.05, 3.63) is 11.9 Å². The number of hydrogen-bond acceptors (Lipinski definition) is 5. The zero-order valence-corrected chi connectivity index (χ0v) is 13.2. The van der Waals surface area contributed by atoms with E-state index < -0.39 is 0 Å². The van der Waals surface area contributed by atoms with E-state index in [0.717, 1.165) is 31.0 Å². The molecule has 0 aliphatic carbocycles. The van der Waals surface area contributed by atoms with Crippen LogP contribution in [0.4, 0.5) is 11.6 Å². The van der Waals surface area contributed by atoms with Crippen molar-refractivity contribution >= 4 is 11.6 Å². The Balaban J connectivity index is 2.73. The molecule has 114 valence electrons. The first-order valence-corrected chi connectivity index (χ1v) is 7.56. The Morgan fingerprint density at radius 1 is 1.20 bits per heavy atom. The third kappa shape index (κ3) is 6.19. The van der Waals surface area contributed by atoms with Gasteiger partial charge in [0.15, 0.2) is 5.82 Å². The number of methoxy groups -OCH3 is 1. The van der Waals surface area contributed by atoms with Crippen molar-refractivity contribution in [2.75, 3.05) is 24.3 Å². The van der Waals surface area contributed by atoms with Gasteiger partial charge < -0.3 is 15.4 Å². The molecule has 1 aromatic rings. The fourth-order valence-electron chi connectivity index (χ4n) is 1.94. The van der Waals surface area contributed by atoms with Gasteiger partial charge in [0.2, 0.25) is 0 Å². The summed E-state index contributed by atoms with van der Waals surface area (Å²) >= 11 is 0. The fourth-order valence-corrected chi connectivity index (χ4v) is 1.94. The predicted molar refractivity (Wildman–Crippen MR) is 84.1 cm³/mol. The minimum atomic E-state index is 0.416. The minimum Gasteiger partial charge on any atom is -0.377 e. The van der Waals surface area contributed by atoms with Crippen LogP contribution >= 0.6 is 0 Å². The van der Waals surface area contributed by atoms with E-state index in [1.54, 1.807) is 7.11 Å². The maximum Gasteiger partial charge on any atom is 0.158 e. The predicted octanol–water partition coefficient (Wildman–Crippen LogP) is 3.44. The molecule has 1 unspecified atom stereocenters. The first kappa shape index (κ1) is 16.7. The SMILES string of the molecule is CCCCC(C)Nc1cc(NCCC)nc(COC)n1. The van der Waals surface area contributed by atoms with Gasteiger partial charge in [0, 0.05) is 25.8 Å². The quantitative estimate of drug-likeness (QED) is 0.687. The maximum absolute atomic E-state index is 5.13. The number of hydrogen-bond donors (Lipinski definition) is 2. The molecule has 1 atom stereocenters.